The summed E-state index contributed by atoms with van der Waals surface area (Å²) in [6, 6.07) is 5.25. The molecule has 0 fully saturated rings. The van der Waals surface area contributed by atoms with Crippen LogP contribution in [-0.2, 0) is 0 Å². The number of ether oxygens (including phenoxy) is 2. The van der Waals surface area contributed by atoms with Crippen molar-refractivity contribution in [2.24, 2.45) is 0 Å². The van der Waals surface area contributed by atoms with Crippen LogP contribution in [0.5, 0.6) is 11.5 Å². The van der Waals surface area contributed by atoms with Gasteiger partial charge in [-0.05, 0) is 44.4 Å². The van der Waals surface area contributed by atoms with Crippen LogP contribution in [0.15, 0.2) is 30.4 Å². The second-order valence-electron chi connectivity index (χ2n) is 4.86. The van der Waals surface area contributed by atoms with Gasteiger partial charge in [0.1, 0.15) is 6.29 Å². The molecule has 0 aliphatic heterocycles. The predicted molar refractivity (Wildman–Crippen MR) is 86.4 cm³/mol. The van der Waals surface area contributed by atoms with E-state index in [0.717, 1.165) is 19.1 Å². The average molecular weight is 290 g/mol. The molecule has 0 N–H and O–H groups in total. The second kappa shape index (κ2) is 11.0. The molecule has 3 nitrogen and oxygen atoms in total. The molecule has 0 spiro atoms. The summed E-state index contributed by atoms with van der Waals surface area (Å²) in [5.74, 6) is 1.33. The van der Waals surface area contributed by atoms with E-state index in [1.54, 1.807) is 18.2 Å². The molecule has 0 aliphatic rings. The summed E-state index contributed by atoms with van der Waals surface area (Å²) in [4.78, 5) is 10.8. The van der Waals surface area contributed by atoms with Crippen molar-refractivity contribution in [3.8, 4) is 11.5 Å². The molecule has 0 aromatic heterocycles. The Morgan fingerprint density at radius 3 is 2.52 bits per heavy atom. The number of hydrogen-bond acceptors (Lipinski definition) is 3. The molecule has 0 heterocycles. The quantitative estimate of drug-likeness (QED) is 0.333. The highest BCUT2D eigenvalue weighted by Crippen LogP contribution is 2.28. The fraction of sp³-hybridized carbons (Fsp3) is 0.500. The predicted octanol–water partition coefficient (Wildman–Crippen LogP) is 4.80. The van der Waals surface area contributed by atoms with Crippen LogP contribution in [0.1, 0.15) is 56.3 Å². The van der Waals surface area contributed by atoms with Crippen LogP contribution in [-0.4, -0.2) is 19.5 Å². The van der Waals surface area contributed by atoms with Gasteiger partial charge >= 0.3 is 0 Å². The summed E-state index contributed by atoms with van der Waals surface area (Å²) in [6.45, 7) is 5.29. The van der Waals surface area contributed by atoms with Crippen molar-refractivity contribution in [2.75, 3.05) is 13.2 Å². The van der Waals surface area contributed by atoms with Crippen molar-refractivity contribution in [3.05, 3.63) is 35.9 Å². The van der Waals surface area contributed by atoms with Gasteiger partial charge in [-0.3, -0.25) is 4.79 Å². The van der Waals surface area contributed by atoms with E-state index in [2.05, 4.69) is 19.1 Å². The number of rotatable bonds is 11. The maximum Gasteiger partial charge on any atom is 0.161 e. The van der Waals surface area contributed by atoms with Gasteiger partial charge in [0, 0.05) is 5.56 Å². The molecule has 116 valence electrons. The minimum Gasteiger partial charge on any atom is -0.490 e. The Labute approximate surface area is 128 Å². The molecule has 1 rings (SSSR count). The Morgan fingerprint density at radius 2 is 1.81 bits per heavy atom. The topological polar surface area (TPSA) is 35.5 Å². The molecule has 0 radical (unpaired) electrons. The van der Waals surface area contributed by atoms with E-state index in [-0.39, 0.29) is 0 Å². The number of allylic oxidation sites excluding steroid dienone is 1. The van der Waals surface area contributed by atoms with Crippen LogP contribution >= 0.6 is 0 Å². The minimum absolute atomic E-state index is 0.552. The van der Waals surface area contributed by atoms with Crippen molar-refractivity contribution in [1.82, 2.24) is 0 Å². The Hall–Kier alpha value is -1.77. The summed E-state index contributed by atoms with van der Waals surface area (Å²) in [7, 11) is 0. The molecule has 0 amide bonds. The van der Waals surface area contributed by atoms with Gasteiger partial charge in [-0.1, -0.05) is 31.9 Å². The second-order valence-corrected chi connectivity index (χ2v) is 4.86. The number of benzene rings is 1. The van der Waals surface area contributed by atoms with E-state index in [9.17, 15) is 4.79 Å². The lowest BCUT2D eigenvalue weighted by Crippen LogP contribution is -2.00. The minimum atomic E-state index is 0.552. The molecule has 0 aliphatic carbocycles. The fourth-order valence-corrected chi connectivity index (χ4v) is 1.97. The molecular formula is C18H26O3. The van der Waals surface area contributed by atoms with Gasteiger partial charge in [0.05, 0.1) is 13.2 Å². The molecule has 3 heteroatoms. The molecule has 0 bridgehead atoms. The lowest BCUT2D eigenvalue weighted by Gasteiger charge is -2.11. The van der Waals surface area contributed by atoms with Crippen LogP contribution in [0.25, 0.3) is 0 Å². The molecular weight excluding hydrogens is 264 g/mol. The first-order chi connectivity index (χ1) is 10.3. The summed E-state index contributed by atoms with van der Waals surface area (Å²) in [6.07, 6.45) is 11.0. The van der Waals surface area contributed by atoms with Gasteiger partial charge < -0.3 is 9.47 Å². The molecule has 0 unspecified atom stereocenters. The molecule has 1 aromatic rings. The zero-order valence-corrected chi connectivity index (χ0v) is 13.1. The van der Waals surface area contributed by atoms with Gasteiger partial charge in [0.25, 0.3) is 0 Å². The van der Waals surface area contributed by atoms with Crippen molar-refractivity contribution in [2.45, 2.75) is 46.0 Å². The normalized spacial score (nSPS) is 10.8. The summed E-state index contributed by atoms with van der Waals surface area (Å²) in [5.41, 5.74) is 0.599. The number of hydrogen-bond donors (Lipinski definition) is 0. The Kier molecular flexibility index (Phi) is 9.01. The smallest absolute Gasteiger partial charge is 0.161 e. The number of carbonyl (C=O) groups excluding carboxylic acids is 1. The van der Waals surface area contributed by atoms with E-state index in [1.807, 2.05) is 6.92 Å². The third-order valence-corrected chi connectivity index (χ3v) is 3.09. The lowest BCUT2D eigenvalue weighted by molar-refractivity contribution is 0.112. The Balaban J connectivity index is 2.38. The van der Waals surface area contributed by atoms with Gasteiger partial charge in [-0.25, -0.2) is 0 Å². The standard InChI is InChI=1S/C18H26O3/c1-3-5-6-7-8-9-10-13-21-17-12-11-16(15-19)14-18(17)20-4-2/h8-9,11-12,14-15H,3-7,10,13H2,1-2H3. The average Bonchev–Trinajstić information content (AvgIpc) is 2.51. The van der Waals surface area contributed by atoms with Crippen molar-refractivity contribution < 1.29 is 14.3 Å². The largest absolute Gasteiger partial charge is 0.490 e. The maximum absolute atomic E-state index is 10.8. The van der Waals surface area contributed by atoms with Crippen LogP contribution in [0.3, 0.4) is 0 Å². The van der Waals surface area contributed by atoms with E-state index in [0.29, 0.717) is 30.3 Å². The molecule has 21 heavy (non-hydrogen) atoms. The lowest BCUT2D eigenvalue weighted by atomic mass is 10.2. The molecule has 0 saturated heterocycles. The highest BCUT2D eigenvalue weighted by Gasteiger charge is 2.05. The van der Waals surface area contributed by atoms with Crippen LogP contribution in [0, 0.1) is 0 Å². The third kappa shape index (κ3) is 6.98. The zero-order chi connectivity index (χ0) is 15.3. The van der Waals surface area contributed by atoms with Crippen LogP contribution in [0.4, 0.5) is 0 Å². The zero-order valence-electron chi connectivity index (χ0n) is 13.1. The van der Waals surface area contributed by atoms with E-state index in [1.165, 1.54) is 19.3 Å². The van der Waals surface area contributed by atoms with Gasteiger partial charge in [0.2, 0.25) is 0 Å². The number of unbranched alkanes of at least 4 members (excludes halogenated alkanes) is 3. The third-order valence-electron chi connectivity index (χ3n) is 3.09. The van der Waals surface area contributed by atoms with Crippen molar-refractivity contribution >= 4 is 6.29 Å². The monoisotopic (exact) mass is 290 g/mol. The first-order valence-electron chi connectivity index (χ1n) is 7.81. The SMILES string of the molecule is CCCCCC=CCCOc1ccc(C=O)cc1OCC. The highest BCUT2D eigenvalue weighted by atomic mass is 16.5. The maximum atomic E-state index is 10.8. The molecule has 0 saturated carbocycles. The first kappa shape index (κ1) is 17.3. The highest BCUT2D eigenvalue weighted by molar-refractivity contribution is 5.76. The Bertz CT molecular complexity index is 438. The summed E-state index contributed by atoms with van der Waals surface area (Å²) < 4.78 is 11.2. The molecule has 0 atom stereocenters. The number of carbonyl (C=O) groups is 1. The van der Waals surface area contributed by atoms with Gasteiger partial charge in [-0.2, -0.15) is 0 Å². The van der Waals surface area contributed by atoms with Crippen molar-refractivity contribution in [3.63, 3.8) is 0 Å². The van der Waals surface area contributed by atoms with Crippen molar-refractivity contribution in [1.29, 1.82) is 0 Å². The van der Waals surface area contributed by atoms with Crippen LogP contribution in [0.2, 0.25) is 0 Å². The first-order valence-corrected chi connectivity index (χ1v) is 7.81. The number of aldehydes is 1. The summed E-state index contributed by atoms with van der Waals surface area (Å²) >= 11 is 0. The fourth-order valence-electron chi connectivity index (χ4n) is 1.97. The molecule has 1 aromatic carbocycles. The Morgan fingerprint density at radius 1 is 1.00 bits per heavy atom. The van der Waals surface area contributed by atoms with E-state index in [4.69, 9.17) is 9.47 Å². The summed E-state index contributed by atoms with van der Waals surface area (Å²) in [5, 5.41) is 0. The van der Waals surface area contributed by atoms with Crippen LogP contribution < -0.4 is 9.47 Å². The van der Waals surface area contributed by atoms with Gasteiger partial charge in [0.15, 0.2) is 11.5 Å². The van der Waals surface area contributed by atoms with E-state index >= 15 is 0 Å². The van der Waals surface area contributed by atoms with E-state index < -0.39 is 0 Å². The van der Waals surface area contributed by atoms with Gasteiger partial charge in [-0.15, -0.1) is 0 Å².